The van der Waals surface area contributed by atoms with Gasteiger partial charge >= 0.3 is 37.1 Å². The third-order valence-corrected chi connectivity index (χ3v) is 5.43. The summed E-state index contributed by atoms with van der Waals surface area (Å²) >= 11 is 0. The van der Waals surface area contributed by atoms with E-state index >= 15 is 0 Å². The normalized spacial score (nSPS) is 15.8. The third-order valence-electron chi connectivity index (χ3n) is 5.43. The van der Waals surface area contributed by atoms with Crippen molar-refractivity contribution >= 4 is 11.8 Å². The summed E-state index contributed by atoms with van der Waals surface area (Å²) in [5, 5.41) is 17.5. The minimum Gasteiger partial charge on any atom is -0.358 e. The van der Waals surface area contributed by atoms with Crippen LogP contribution in [-0.2, 0) is 13.5 Å². The van der Waals surface area contributed by atoms with Crippen LogP contribution in [0.3, 0.4) is 0 Å². The number of benzene rings is 1. The van der Waals surface area contributed by atoms with E-state index in [9.17, 15) is 4.79 Å². The van der Waals surface area contributed by atoms with Gasteiger partial charge in [0.2, 0.25) is 0 Å². The van der Waals surface area contributed by atoms with Crippen LogP contribution < -0.4 is 10.6 Å². The predicted molar refractivity (Wildman–Crippen MR) is 119 cm³/mol. The maximum atomic E-state index is 12.8. The summed E-state index contributed by atoms with van der Waals surface area (Å²) in [6, 6.07) is 7.90. The first-order chi connectivity index (χ1) is 14.0. The van der Waals surface area contributed by atoms with Gasteiger partial charge in [-0.25, -0.2) is 4.79 Å². The minimum atomic E-state index is -0.275. The number of amides is 2. The van der Waals surface area contributed by atoms with Crippen LogP contribution in [0.25, 0.3) is 11.3 Å². The molecule has 31 heavy (non-hydrogen) atoms. The van der Waals surface area contributed by atoms with Crippen LogP contribution in [0.2, 0.25) is 0 Å². The number of hydrogen-bond acceptors (Lipinski definition) is 4. The number of carbonyl (C=O) groups excluding carboxylic acids is 1. The summed E-state index contributed by atoms with van der Waals surface area (Å²) in [7, 11) is 1.86. The predicted octanol–water partition coefficient (Wildman–Crippen LogP) is 3.12. The molecule has 4 rings (SSSR count). The van der Waals surface area contributed by atoms with Crippen LogP contribution in [0.15, 0.2) is 36.7 Å². The number of fused-ring (bicyclic) bond motifs is 1. The van der Waals surface area contributed by atoms with Crippen LogP contribution in [0.5, 0.6) is 0 Å². The zero-order valence-corrected chi connectivity index (χ0v) is 22.4. The van der Waals surface area contributed by atoms with Gasteiger partial charge in [0.15, 0.2) is 5.82 Å². The van der Waals surface area contributed by atoms with E-state index in [1.54, 1.807) is 10.9 Å². The minimum absolute atomic E-state index is 0. The first-order valence-electron chi connectivity index (χ1n) is 9.76. The summed E-state index contributed by atoms with van der Waals surface area (Å²) in [4.78, 5) is 15.0. The number of aromatic nitrogens is 4. The van der Waals surface area contributed by atoms with E-state index in [1.165, 1.54) is 5.56 Å². The van der Waals surface area contributed by atoms with Crippen LogP contribution in [-0.4, -0.2) is 50.5 Å². The number of H-pyrrole nitrogens is 1. The first kappa shape index (κ1) is 25.2. The number of aryl methyl sites for hydroxylation is 1. The van der Waals surface area contributed by atoms with Gasteiger partial charge in [0, 0.05) is 30.9 Å². The molecule has 0 spiro atoms. The molecule has 3 aromatic rings. The Morgan fingerprint density at radius 3 is 2.84 bits per heavy atom. The smallest absolute Gasteiger partial charge is 0.358 e. The molecule has 1 atom stereocenters. The van der Waals surface area contributed by atoms with E-state index in [0.29, 0.717) is 12.4 Å². The number of aromatic amines is 1. The molecule has 1 aromatic carbocycles. The maximum Gasteiger partial charge on any atom is 2.00 e. The van der Waals surface area contributed by atoms with Gasteiger partial charge in [0.05, 0.1) is 17.9 Å². The standard InChI is InChI=1S/C21H26N7O.CH3.U/c1-4-28-10-9-15-7-5-6-8-17(15)18(13-28)23-21(29)24-20-14(2)19(25-26-20)16-11-22-27(3)12-16;;/h5-8,11-12,18H,1,4,9-10,13H2,2-3H3,(H3,23,24,25,26,29);1H3;/q2*-1;+2. The number of carbonyl (C=O) groups is 1. The second-order valence-corrected chi connectivity index (χ2v) is 7.38. The van der Waals surface area contributed by atoms with Gasteiger partial charge in [-0.3, -0.25) is 15.1 Å². The maximum absolute atomic E-state index is 12.8. The van der Waals surface area contributed by atoms with E-state index in [2.05, 4.69) is 49.9 Å². The van der Waals surface area contributed by atoms with E-state index in [0.717, 1.165) is 41.9 Å². The molecule has 1 aliphatic heterocycles. The van der Waals surface area contributed by atoms with Crippen LogP contribution in [0.4, 0.5) is 10.6 Å². The van der Waals surface area contributed by atoms with Crippen LogP contribution in [0, 0.1) is 52.4 Å². The Kier molecular flexibility index (Phi) is 8.92. The van der Waals surface area contributed by atoms with Gasteiger partial charge in [-0.15, -0.1) is 6.54 Å². The molecule has 1 aliphatic rings. The molecule has 9 heteroatoms. The monoisotopic (exact) mass is 645 g/mol. The average molecular weight is 646 g/mol. The fourth-order valence-electron chi connectivity index (χ4n) is 3.81. The third kappa shape index (κ3) is 5.59. The van der Waals surface area contributed by atoms with Crippen molar-refractivity contribution in [1.82, 2.24) is 30.2 Å². The Labute approximate surface area is 207 Å². The molecule has 0 bridgehead atoms. The Morgan fingerprint density at radius 2 is 2.13 bits per heavy atom. The SMILES string of the molecule is [CH2-]CN1CCc2ccccc2C(NC(=O)Nc2n[nH]c(-c3cnn(C)c3)c2C)C1.[CH3-].[U+2]. The van der Waals surface area contributed by atoms with Gasteiger partial charge in [0.1, 0.15) is 0 Å². The molecule has 1 unspecified atom stereocenters. The van der Waals surface area contributed by atoms with Gasteiger partial charge in [-0.1, -0.05) is 24.3 Å². The molecular formula is C22H29N7OU. The van der Waals surface area contributed by atoms with Gasteiger partial charge in [0.25, 0.3) is 0 Å². The fraction of sp³-hybridized carbons (Fsp3) is 0.318. The van der Waals surface area contributed by atoms with Crippen LogP contribution >= 0.6 is 0 Å². The molecule has 0 fully saturated rings. The van der Waals surface area contributed by atoms with Crippen molar-refractivity contribution in [3.05, 3.63) is 67.7 Å². The molecule has 0 radical (unpaired) electrons. The topological polar surface area (TPSA) is 90.9 Å². The molecule has 0 aliphatic carbocycles. The summed E-state index contributed by atoms with van der Waals surface area (Å²) in [5.74, 6) is 0.511. The number of nitrogens with one attached hydrogen (secondary N) is 3. The molecular weight excluding hydrogens is 616 g/mol. The summed E-state index contributed by atoms with van der Waals surface area (Å²) in [6.07, 6.45) is 4.62. The molecule has 162 valence electrons. The second-order valence-electron chi connectivity index (χ2n) is 7.38. The van der Waals surface area contributed by atoms with Crippen molar-refractivity contribution in [3.63, 3.8) is 0 Å². The summed E-state index contributed by atoms with van der Waals surface area (Å²) in [5.41, 5.74) is 5.07. The zero-order valence-electron chi connectivity index (χ0n) is 18.3. The number of rotatable bonds is 4. The van der Waals surface area contributed by atoms with Crippen LogP contribution in [0.1, 0.15) is 22.7 Å². The summed E-state index contributed by atoms with van der Waals surface area (Å²) < 4.78 is 1.73. The first-order valence-corrected chi connectivity index (χ1v) is 9.76. The summed E-state index contributed by atoms with van der Waals surface area (Å²) in [6.45, 7) is 8.32. The number of anilines is 1. The van der Waals surface area contributed by atoms with Crippen molar-refractivity contribution in [3.8, 4) is 11.3 Å². The Hall–Kier alpha value is -2.08. The molecule has 0 saturated carbocycles. The van der Waals surface area contributed by atoms with E-state index < -0.39 is 0 Å². The van der Waals surface area contributed by atoms with Crippen molar-refractivity contribution in [2.45, 2.75) is 19.4 Å². The quantitative estimate of drug-likeness (QED) is 0.381. The van der Waals surface area contributed by atoms with Crippen molar-refractivity contribution in [1.29, 1.82) is 0 Å². The Morgan fingerprint density at radius 1 is 1.35 bits per heavy atom. The number of urea groups is 1. The van der Waals surface area contributed by atoms with E-state index in [-0.39, 0.29) is 50.6 Å². The number of hydrogen-bond donors (Lipinski definition) is 3. The average Bonchev–Trinajstić information content (AvgIpc) is 3.24. The molecule has 8 nitrogen and oxygen atoms in total. The molecule has 2 amide bonds. The largest absolute Gasteiger partial charge is 2.00 e. The molecule has 2 aromatic heterocycles. The van der Waals surface area contributed by atoms with Crippen molar-refractivity contribution < 1.29 is 35.9 Å². The van der Waals surface area contributed by atoms with Gasteiger partial charge in [-0.2, -0.15) is 10.2 Å². The molecule has 0 saturated heterocycles. The van der Waals surface area contributed by atoms with Crippen molar-refractivity contribution in [2.24, 2.45) is 7.05 Å². The fourth-order valence-corrected chi connectivity index (χ4v) is 3.81. The Bertz CT molecular complexity index is 1010. The second kappa shape index (κ2) is 11.0. The number of nitrogens with zero attached hydrogens (tertiary/aromatic N) is 4. The molecule has 3 heterocycles. The zero-order chi connectivity index (χ0) is 20.4. The van der Waals surface area contributed by atoms with Gasteiger partial charge in [-0.05, 0) is 31.0 Å². The molecule has 3 N–H and O–H groups in total. The van der Waals surface area contributed by atoms with E-state index in [1.807, 2.05) is 32.3 Å². The van der Waals surface area contributed by atoms with E-state index in [4.69, 9.17) is 0 Å². The van der Waals surface area contributed by atoms with Gasteiger partial charge < -0.3 is 24.6 Å². The van der Waals surface area contributed by atoms with Crippen molar-refractivity contribution in [2.75, 3.05) is 25.0 Å². The Balaban J connectivity index is 0.00000171.